The van der Waals surface area contributed by atoms with Gasteiger partial charge in [-0.25, -0.2) is 0 Å². The van der Waals surface area contributed by atoms with Crippen LogP contribution >= 0.6 is 11.8 Å². The lowest BCUT2D eigenvalue weighted by Gasteiger charge is -2.11. The lowest BCUT2D eigenvalue weighted by atomic mass is 10.2. The molecule has 0 aliphatic rings. The van der Waals surface area contributed by atoms with Crippen LogP contribution in [-0.4, -0.2) is 31.3 Å². The highest BCUT2D eigenvalue weighted by molar-refractivity contribution is 7.99. The summed E-state index contributed by atoms with van der Waals surface area (Å²) in [5.74, 6) is -2.34. The number of nitrogens with one attached hydrogen (secondary N) is 2. The Morgan fingerprint density at radius 1 is 0.906 bits per heavy atom. The Morgan fingerprint density at radius 2 is 1.56 bits per heavy atom. The van der Waals surface area contributed by atoms with E-state index in [0.717, 1.165) is 0 Å². The standard InChI is InChI=1S/C23H20F2N2O4S/c1-30-19-7-2-3-8-20(19)31-14-21(28)26-16-5-4-6-17(13-16)27-22(29)15-9-11-18(12-10-15)32-23(24)25/h2-13,23H,14H2,1H3,(H,26,28)(H,27,29). The number of hydrogen-bond acceptors (Lipinski definition) is 5. The van der Waals surface area contributed by atoms with Crippen molar-refractivity contribution in [2.75, 3.05) is 24.4 Å². The second kappa shape index (κ2) is 11.1. The van der Waals surface area contributed by atoms with Crippen LogP contribution in [0, 0.1) is 0 Å². The monoisotopic (exact) mass is 458 g/mol. The number of halogens is 2. The Morgan fingerprint density at radius 3 is 2.22 bits per heavy atom. The van der Waals surface area contributed by atoms with Crippen LogP contribution < -0.4 is 20.1 Å². The zero-order valence-electron chi connectivity index (χ0n) is 17.0. The Labute approximate surface area is 187 Å². The molecule has 2 N–H and O–H groups in total. The Bertz CT molecular complexity index is 1080. The van der Waals surface area contributed by atoms with Gasteiger partial charge >= 0.3 is 0 Å². The van der Waals surface area contributed by atoms with Crippen LogP contribution in [0.2, 0.25) is 0 Å². The molecule has 0 spiro atoms. The maximum absolute atomic E-state index is 12.4. The van der Waals surface area contributed by atoms with Crippen LogP contribution in [0.5, 0.6) is 11.5 Å². The van der Waals surface area contributed by atoms with Gasteiger partial charge in [0, 0.05) is 21.8 Å². The van der Waals surface area contributed by atoms with Crippen molar-refractivity contribution in [2.24, 2.45) is 0 Å². The van der Waals surface area contributed by atoms with Crippen LogP contribution in [0.1, 0.15) is 10.4 Å². The van der Waals surface area contributed by atoms with Gasteiger partial charge in [0.25, 0.3) is 17.6 Å². The van der Waals surface area contributed by atoms with Crippen molar-refractivity contribution in [3.05, 3.63) is 78.4 Å². The highest BCUT2D eigenvalue weighted by atomic mass is 32.2. The molecule has 0 aliphatic carbocycles. The first-order valence-electron chi connectivity index (χ1n) is 9.46. The molecule has 0 radical (unpaired) electrons. The first-order chi connectivity index (χ1) is 15.4. The number of hydrogen-bond donors (Lipinski definition) is 2. The normalized spacial score (nSPS) is 10.5. The van der Waals surface area contributed by atoms with Crippen LogP contribution in [0.3, 0.4) is 0 Å². The van der Waals surface area contributed by atoms with E-state index in [1.165, 1.54) is 31.4 Å². The minimum absolute atomic E-state index is 0.222. The van der Waals surface area contributed by atoms with Crippen LogP contribution in [0.4, 0.5) is 20.2 Å². The summed E-state index contributed by atoms with van der Waals surface area (Å²) in [6, 6.07) is 19.5. The van der Waals surface area contributed by atoms with Crippen molar-refractivity contribution in [3.8, 4) is 11.5 Å². The van der Waals surface area contributed by atoms with Crippen molar-refractivity contribution >= 4 is 35.0 Å². The van der Waals surface area contributed by atoms with Gasteiger partial charge in [0.2, 0.25) is 0 Å². The third kappa shape index (κ3) is 6.71. The van der Waals surface area contributed by atoms with Gasteiger partial charge in [0.15, 0.2) is 18.1 Å². The van der Waals surface area contributed by atoms with Gasteiger partial charge in [0.05, 0.1) is 7.11 Å². The highest BCUT2D eigenvalue weighted by Crippen LogP contribution is 2.26. The molecule has 0 aromatic heterocycles. The van der Waals surface area contributed by atoms with Crippen LogP contribution in [0.15, 0.2) is 77.7 Å². The van der Waals surface area contributed by atoms with E-state index in [2.05, 4.69) is 10.6 Å². The van der Waals surface area contributed by atoms with Crippen molar-refractivity contribution in [3.63, 3.8) is 0 Å². The first-order valence-corrected chi connectivity index (χ1v) is 10.3. The van der Waals surface area contributed by atoms with Crippen molar-refractivity contribution in [1.29, 1.82) is 0 Å². The molecule has 0 aliphatic heterocycles. The molecular weight excluding hydrogens is 438 g/mol. The minimum atomic E-state index is -2.52. The summed E-state index contributed by atoms with van der Waals surface area (Å²) in [5.41, 5.74) is 1.26. The number of rotatable bonds is 9. The molecule has 32 heavy (non-hydrogen) atoms. The average molecular weight is 458 g/mol. The summed E-state index contributed by atoms with van der Waals surface area (Å²) in [7, 11) is 1.51. The van der Waals surface area contributed by atoms with Gasteiger partial charge in [-0.1, -0.05) is 30.0 Å². The van der Waals surface area contributed by atoms with Crippen molar-refractivity contribution in [1.82, 2.24) is 0 Å². The smallest absolute Gasteiger partial charge is 0.288 e. The predicted octanol–water partition coefficient (Wildman–Crippen LogP) is 5.28. The molecule has 0 atom stereocenters. The molecule has 3 aromatic rings. The number of para-hydroxylation sites is 2. The Hall–Kier alpha value is -3.59. The molecule has 6 nitrogen and oxygen atoms in total. The first kappa shape index (κ1) is 23.1. The predicted molar refractivity (Wildman–Crippen MR) is 120 cm³/mol. The Balaban J connectivity index is 1.56. The number of carbonyl (C=O) groups is 2. The zero-order valence-corrected chi connectivity index (χ0v) is 17.8. The average Bonchev–Trinajstić information content (AvgIpc) is 2.78. The number of methoxy groups -OCH3 is 1. The molecule has 0 saturated heterocycles. The summed E-state index contributed by atoms with van der Waals surface area (Å²) >= 11 is 0.412. The van der Waals surface area contributed by atoms with E-state index in [1.807, 2.05) is 0 Å². The second-order valence-corrected chi connectivity index (χ2v) is 7.49. The fourth-order valence-electron chi connectivity index (χ4n) is 2.74. The fraction of sp³-hybridized carbons (Fsp3) is 0.130. The SMILES string of the molecule is COc1ccccc1OCC(=O)Nc1cccc(NC(=O)c2ccc(SC(F)F)cc2)c1. The fourth-order valence-corrected chi connectivity index (χ4v) is 3.24. The molecule has 9 heteroatoms. The number of benzene rings is 3. The topological polar surface area (TPSA) is 76.7 Å². The molecule has 3 aromatic carbocycles. The summed E-state index contributed by atoms with van der Waals surface area (Å²) in [4.78, 5) is 25.0. The van der Waals surface area contributed by atoms with Gasteiger partial charge in [0.1, 0.15) is 0 Å². The minimum Gasteiger partial charge on any atom is -0.493 e. The van der Waals surface area contributed by atoms with Gasteiger partial charge in [-0.15, -0.1) is 0 Å². The van der Waals surface area contributed by atoms with E-state index < -0.39 is 11.7 Å². The number of carbonyl (C=O) groups excluding carboxylic acids is 2. The molecule has 0 heterocycles. The number of ether oxygens (including phenoxy) is 2. The number of thioether (sulfide) groups is 1. The van der Waals surface area contributed by atoms with E-state index in [1.54, 1.807) is 48.5 Å². The van der Waals surface area contributed by atoms with E-state index >= 15 is 0 Å². The molecule has 2 amide bonds. The highest BCUT2D eigenvalue weighted by Gasteiger charge is 2.11. The molecule has 0 bridgehead atoms. The van der Waals surface area contributed by atoms with Crippen LogP contribution in [0.25, 0.3) is 0 Å². The maximum atomic E-state index is 12.4. The lowest BCUT2D eigenvalue weighted by Crippen LogP contribution is -2.20. The summed E-state index contributed by atoms with van der Waals surface area (Å²) in [6.45, 7) is -0.222. The maximum Gasteiger partial charge on any atom is 0.288 e. The third-order valence-corrected chi connectivity index (χ3v) is 4.90. The molecule has 0 saturated carbocycles. The van der Waals surface area contributed by atoms with Crippen LogP contribution in [-0.2, 0) is 4.79 Å². The zero-order chi connectivity index (χ0) is 22.9. The van der Waals surface area contributed by atoms with E-state index in [-0.39, 0.29) is 12.5 Å². The molecule has 166 valence electrons. The van der Waals surface area contributed by atoms with Gasteiger partial charge < -0.3 is 20.1 Å². The van der Waals surface area contributed by atoms with E-state index in [4.69, 9.17) is 9.47 Å². The summed E-state index contributed by atoms with van der Waals surface area (Å²) in [6.07, 6.45) is 0. The largest absolute Gasteiger partial charge is 0.493 e. The van der Waals surface area contributed by atoms with Gasteiger partial charge in [-0.3, -0.25) is 9.59 Å². The third-order valence-electron chi connectivity index (χ3n) is 4.17. The van der Waals surface area contributed by atoms with Crippen molar-refractivity contribution < 1.29 is 27.8 Å². The summed E-state index contributed by atoms with van der Waals surface area (Å²) in [5, 5.41) is 5.41. The van der Waals surface area contributed by atoms with Gasteiger partial charge in [-0.05, 0) is 54.6 Å². The van der Waals surface area contributed by atoms with Gasteiger partial charge in [-0.2, -0.15) is 8.78 Å². The number of alkyl halides is 2. The molecule has 0 unspecified atom stereocenters. The number of amides is 2. The van der Waals surface area contributed by atoms with E-state index in [0.29, 0.717) is 45.1 Å². The molecule has 3 rings (SSSR count). The second-order valence-electron chi connectivity index (χ2n) is 6.43. The number of anilines is 2. The lowest BCUT2D eigenvalue weighted by molar-refractivity contribution is -0.118. The van der Waals surface area contributed by atoms with Crippen molar-refractivity contribution in [2.45, 2.75) is 10.7 Å². The molecular formula is C23H20F2N2O4S. The van der Waals surface area contributed by atoms with E-state index in [9.17, 15) is 18.4 Å². The quantitative estimate of drug-likeness (QED) is 0.427. The summed E-state index contributed by atoms with van der Waals surface area (Å²) < 4.78 is 35.5. The molecule has 0 fully saturated rings. The Kier molecular flexibility index (Phi) is 8.04.